The molecule has 206 valence electrons. The molecule has 0 radical (unpaired) electrons. The molecule has 14 nitrogen and oxygen atoms in total. The Hall–Kier alpha value is -2.69. The van der Waals surface area contributed by atoms with Crippen molar-refractivity contribution >= 4 is 17.9 Å². The summed E-state index contributed by atoms with van der Waals surface area (Å²) < 4.78 is 15.4. The maximum Gasteiger partial charge on any atom is 0.336 e. The average Bonchev–Trinajstić information content (AvgIpc) is 2.81. The van der Waals surface area contributed by atoms with Gasteiger partial charge in [0.05, 0.1) is 19.8 Å². The maximum atomic E-state index is 10.2. The first-order chi connectivity index (χ1) is 16.2. The molecule has 0 bridgehead atoms. The second kappa shape index (κ2) is 21.8. The van der Waals surface area contributed by atoms with Crippen molar-refractivity contribution < 1.29 is 69.4 Å². The summed E-state index contributed by atoms with van der Waals surface area (Å²) in [6.07, 6.45) is 2.50. The summed E-state index contributed by atoms with van der Waals surface area (Å²) in [6, 6.07) is 0. The lowest BCUT2D eigenvalue weighted by Crippen LogP contribution is -2.71. The summed E-state index contributed by atoms with van der Waals surface area (Å²) in [4.78, 5) is 27.8. The van der Waals surface area contributed by atoms with E-state index in [1.54, 1.807) is 13.8 Å². The summed E-state index contributed by atoms with van der Waals surface area (Å²) in [7, 11) is 0. The summed E-state index contributed by atoms with van der Waals surface area (Å²) in [5.74, 6) is -8.26. The highest BCUT2D eigenvalue weighted by Gasteiger charge is 2.66. The Kier molecular flexibility index (Phi) is 24.6. The monoisotopic (exact) mass is 514 g/mol. The third kappa shape index (κ3) is 15.0. The highest BCUT2D eigenvalue weighted by molar-refractivity contribution is 5.79. The molecule has 0 saturated carbocycles. The van der Waals surface area contributed by atoms with E-state index in [9.17, 15) is 39.9 Å². The molecule has 0 atom stereocenters. The van der Waals surface area contributed by atoms with Crippen molar-refractivity contribution in [3.8, 4) is 0 Å². The molecule has 0 aromatic rings. The van der Waals surface area contributed by atoms with Gasteiger partial charge in [0, 0.05) is 38.0 Å². The number of carbonyl (C=O) groups is 3. The highest BCUT2D eigenvalue weighted by atomic mass is 16.8. The Labute approximate surface area is 203 Å². The van der Waals surface area contributed by atoms with Crippen molar-refractivity contribution in [2.24, 2.45) is 5.41 Å². The van der Waals surface area contributed by atoms with E-state index in [0.29, 0.717) is 0 Å². The van der Waals surface area contributed by atoms with Crippen LogP contribution in [0.5, 0.6) is 0 Å². The molecule has 0 aliphatic heterocycles. The van der Waals surface area contributed by atoms with Crippen LogP contribution >= 0.6 is 0 Å². The summed E-state index contributed by atoms with van der Waals surface area (Å²) >= 11 is 0. The van der Waals surface area contributed by atoms with Crippen molar-refractivity contribution in [2.45, 2.75) is 32.5 Å². The fraction of sp³-hybridized carbons (Fsp3) is 0.571. The molecule has 0 aliphatic carbocycles. The van der Waals surface area contributed by atoms with Crippen LogP contribution in [0.2, 0.25) is 0 Å². The van der Waals surface area contributed by atoms with E-state index < -0.39 is 54.9 Å². The van der Waals surface area contributed by atoms with Gasteiger partial charge >= 0.3 is 23.9 Å². The van der Waals surface area contributed by atoms with Crippen LogP contribution in [-0.4, -0.2) is 110 Å². The molecule has 0 saturated heterocycles. The van der Waals surface area contributed by atoms with Crippen LogP contribution in [0.1, 0.15) is 20.8 Å². The number of hydrogen-bond donors (Lipinski definition) is 8. The van der Waals surface area contributed by atoms with Gasteiger partial charge in [-0.05, 0) is 20.8 Å². The molecule has 0 spiro atoms. The van der Waals surface area contributed by atoms with E-state index in [0.717, 1.165) is 18.2 Å². The van der Waals surface area contributed by atoms with Gasteiger partial charge in [-0.1, -0.05) is 19.7 Å². The van der Waals surface area contributed by atoms with Crippen molar-refractivity contribution in [2.75, 3.05) is 39.6 Å². The molecule has 0 aromatic carbocycles. The van der Waals surface area contributed by atoms with Gasteiger partial charge in [0.25, 0.3) is 5.79 Å². The quantitative estimate of drug-likeness (QED) is 0.104. The number of carboxylic acid groups (broad SMARTS) is 3. The van der Waals surface area contributed by atoms with Crippen LogP contribution in [-0.2, 0) is 28.6 Å². The first-order valence-electron chi connectivity index (χ1n) is 9.93. The maximum absolute atomic E-state index is 10.2. The second-order valence-electron chi connectivity index (χ2n) is 5.91. The van der Waals surface area contributed by atoms with Gasteiger partial charge in [0.15, 0.2) is 0 Å². The summed E-state index contributed by atoms with van der Waals surface area (Å²) in [5, 5.41) is 71.8. The van der Waals surface area contributed by atoms with Crippen molar-refractivity contribution in [3.63, 3.8) is 0 Å². The lowest BCUT2D eigenvalue weighted by molar-refractivity contribution is -0.506. The Morgan fingerprint density at radius 2 is 0.886 bits per heavy atom. The molecule has 0 heterocycles. The zero-order valence-corrected chi connectivity index (χ0v) is 20.1. The fourth-order valence-electron chi connectivity index (χ4n) is 2.05. The van der Waals surface area contributed by atoms with Gasteiger partial charge in [-0.25, -0.2) is 14.4 Å². The number of ether oxygens (including phenoxy) is 3. The fourth-order valence-corrected chi connectivity index (χ4v) is 2.05. The zero-order valence-electron chi connectivity index (χ0n) is 20.1. The van der Waals surface area contributed by atoms with Crippen LogP contribution in [0.25, 0.3) is 0 Å². The lowest BCUT2D eigenvalue weighted by atomic mass is 9.79. The van der Waals surface area contributed by atoms with Gasteiger partial charge in [0.1, 0.15) is 5.41 Å². The Morgan fingerprint density at radius 1 is 0.657 bits per heavy atom. The van der Waals surface area contributed by atoms with E-state index in [-0.39, 0.29) is 19.8 Å². The lowest BCUT2D eigenvalue weighted by Gasteiger charge is -2.51. The molecule has 0 fully saturated rings. The first-order valence-corrected chi connectivity index (χ1v) is 9.93. The van der Waals surface area contributed by atoms with Gasteiger partial charge in [-0.3, -0.25) is 0 Å². The van der Waals surface area contributed by atoms with Crippen LogP contribution in [0.3, 0.4) is 0 Å². The van der Waals surface area contributed by atoms with E-state index in [1.807, 2.05) is 0 Å². The molecule has 8 N–H and O–H groups in total. The Bertz CT molecular complexity index is 568. The van der Waals surface area contributed by atoms with Gasteiger partial charge < -0.3 is 55.1 Å². The van der Waals surface area contributed by atoms with Crippen LogP contribution in [0.4, 0.5) is 0 Å². The smallest absolute Gasteiger partial charge is 0.336 e. The minimum Gasteiger partial charge on any atom is -0.478 e. The molecule has 0 aromatic heterocycles. The number of aliphatic hydroxyl groups excluding tert-OH is 3. The van der Waals surface area contributed by atoms with Crippen LogP contribution in [0.15, 0.2) is 38.0 Å². The normalized spacial score (nSPS) is 10.6. The van der Waals surface area contributed by atoms with Crippen molar-refractivity contribution in [1.29, 1.82) is 0 Å². The molecule has 0 aliphatic rings. The van der Waals surface area contributed by atoms with E-state index >= 15 is 0 Å². The number of carboxylic acids is 3. The average molecular weight is 515 g/mol. The van der Waals surface area contributed by atoms with Crippen LogP contribution in [0, 0.1) is 5.41 Å². The van der Waals surface area contributed by atoms with Crippen molar-refractivity contribution in [1.82, 2.24) is 0 Å². The SMILES string of the molecule is C=CC(=O)O.C=CC(=O)O.C=CC(=O)O.CCOC(O)(O)C(OCC)(OCC)C(CO)(CO)CO. The van der Waals surface area contributed by atoms with E-state index in [1.165, 1.54) is 6.92 Å². The molecule has 0 unspecified atom stereocenters. The Balaban J connectivity index is -0.000000258. The van der Waals surface area contributed by atoms with Gasteiger partial charge in [0.2, 0.25) is 0 Å². The summed E-state index contributed by atoms with van der Waals surface area (Å²) in [5.41, 5.74) is -1.88. The largest absolute Gasteiger partial charge is 0.478 e. The third-order valence-corrected chi connectivity index (χ3v) is 3.60. The number of rotatable bonds is 14. The predicted molar refractivity (Wildman–Crippen MR) is 122 cm³/mol. The highest BCUT2D eigenvalue weighted by Crippen LogP contribution is 2.43. The van der Waals surface area contributed by atoms with Crippen LogP contribution < -0.4 is 0 Å². The predicted octanol–water partition coefficient (Wildman–Crippen LogP) is -0.835. The van der Waals surface area contributed by atoms with Gasteiger partial charge in [-0.2, -0.15) is 0 Å². The topological polar surface area (TPSA) is 241 Å². The van der Waals surface area contributed by atoms with Gasteiger partial charge in [-0.15, -0.1) is 0 Å². The minimum absolute atomic E-state index is 0.0301. The number of hydrogen-bond acceptors (Lipinski definition) is 11. The molecule has 35 heavy (non-hydrogen) atoms. The number of aliphatic carboxylic acids is 3. The van der Waals surface area contributed by atoms with E-state index in [4.69, 9.17) is 29.5 Å². The zero-order chi connectivity index (χ0) is 28.7. The second-order valence-corrected chi connectivity index (χ2v) is 5.91. The molecular formula is C21H38O14. The van der Waals surface area contributed by atoms with E-state index in [2.05, 4.69) is 19.7 Å². The minimum atomic E-state index is -2.97. The molecule has 0 rings (SSSR count). The number of aliphatic hydroxyl groups is 5. The Morgan fingerprint density at radius 3 is 1.03 bits per heavy atom. The summed E-state index contributed by atoms with van der Waals surface area (Å²) in [6.45, 7) is 10.9. The third-order valence-electron chi connectivity index (χ3n) is 3.60. The first kappa shape index (κ1) is 39.5. The molecular weight excluding hydrogens is 476 g/mol. The molecule has 14 heteroatoms. The van der Waals surface area contributed by atoms with Crippen molar-refractivity contribution in [3.05, 3.63) is 38.0 Å². The molecule has 0 amide bonds. The standard InChI is InChI=1S/C12H26O8.3C3H4O2/c1-4-18-11(19-5-2,12(16,17)20-6-3)10(7-13,8-14)9-15;3*1-2-3(4)5/h13-17H,4-9H2,1-3H3;3*2H,1H2,(H,4,5).